The standard InChI is InChI=1S/C21H22O4/c1-3-6-18(15-21(22)23)17-9-11-19(12-10-17)24-13-14-25-20-8-5-4-7-16(20)2/h4-5,7-12,18H,13-15H2,1-2H3,(H,22,23). The van der Waals surface area contributed by atoms with E-state index in [2.05, 4.69) is 11.8 Å². The van der Waals surface area contributed by atoms with Crippen LogP contribution in [0.15, 0.2) is 48.5 Å². The number of ether oxygens (including phenoxy) is 2. The third-order valence-corrected chi connectivity index (χ3v) is 3.68. The molecular weight excluding hydrogens is 316 g/mol. The first-order valence-corrected chi connectivity index (χ1v) is 8.15. The van der Waals surface area contributed by atoms with Crippen molar-refractivity contribution < 1.29 is 19.4 Å². The van der Waals surface area contributed by atoms with Gasteiger partial charge in [0.25, 0.3) is 0 Å². The summed E-state index contributed by atoms with van der Waals surface area (Å²) in [5.41, 5.74) is 1.97. The number of rotatable bonds is 8. The van der Waals surface area contributed by atoms with Crippen molar-refractivity contribution in [3.63, 3.8) is 0 Å². The number of carboxylic acids is 1. The number of hydrogen-bond donors (Lipinski definition) is 1. The zero-order valence-electron chi connectivity index (χ0n) is 14.5. The Kier molecular flexibility index (Phi) is 6.91. The number of hydrogen-bond acceptors (Lipinski definition) is 3. The Bertz CT molecular complexity index is 753. The summed E-state index contributed by atoms with van der Waals surface area (Å²) in [6.07, 6.45) is -0.00862. The minimum Gasteiger partial charge on any atom is -0.490 e. The molecule has 4 nitrogen and oxygen atoms in total. The maximum atomic E-state index is 10.9. The van der Waals surface area contributed by atoms with Crippen molar-refractivity contribution in [3.8, 4) is 23.3 Å². The Morgan fingerprint density at radius 1 is 1.08 bits per heavy atom. The molecule has 0 heterocycles. The Morgan fingerprint density at radius 3 is 2.40 bits per heavy atom. The molecule has 0 saturated carbocycles. The molecular formula is C21H22O4. The number of aryl methyl sites for hydroxylation is 1. The van der Waals surface area contributed by atoms with Crippen LogP contribution in [0.2, 0.25) is 0 Å². The van der Waals surface area contributed by atoms with E-state index in [0.717, 1.165) is 22.6 Å². The van der Waals surface area contributed by atoms with Crippen molar-refractivity contribution >= 4 is 5.97 Å². The summed E-state index contributed by atoms with van der Waals surface area (Å²) in [7, 11) is 0. The van der Waals surface area contributed by atoms with Gasteiger partial charge in [-0.15, -0.1) is 5.92 Å². The van der Waals surface area contributed by atoms with Gasteiger partial charge >= 0.3 is 5.97 Å². The SMILES string of the molecule is CC#CC(CC(=O)O)c1ccc(OCCOc2ccccc2C)cc1. The van der Waals surface area contributed by atoms with Gasteiger partial charge in [-0.05, 0) is 43.2 Å². The van der Waals surface area contributed by atoms with Gasteiger partial charge < -0.3 is 14.6 Å². The first-order chi connectivity index (χ1) is 12.1. The van der Waals surface area contributed by atoms with Crippen LogP contribution in [0.1, 0.15) is 30.4 Å². The van der Waals surface area contributed by atoms with Gasteiger partial charge in [-0.3, -0.25) is 4.79 Å². The van der Waals surface area contributed by atoms with Crippen molar-refractivity contribution in [2.75, 3.05) is 13.2 Å². The van der Waals surface area contributed by atoms with Crippen molar-refractivity contribution in [1.29, 1.82) is 0 Å². The van der Waals surface area contributed by atoms with Gasteiger partial charge in [0.05, 0.1) is 12.3 Å². The molecule has 0 aliphatic rings. The topological polar surface area (TPSA) is 55.8 Å². The molecule has 2 aromatic carbocycles. The third kappa shape index (κ3) is 5.89. The second-order valence-corrected chi connectivity index (χ2v) is 5.58. The lowest BCUT2D eigenvalue weighted by Gasteiger charge is -2.12. The van der Waals surface area contributed by atoms with E-state index in [1.54, 1.807) is 6.92 Å². The third-order valence-electron chi connectivity index (χ3n) is 3.68. The first kappa shape index (κ1) is 18.4. The largest absolute Gasteiger partial charge is 0.490 e. The van der Waals surface area contributed by atoms with Crippen molar-refractivity contribution in [2.24, 2.45) is 0 Å². The minimum absolute atomic E-state index is 0.00862. The van der Waals surface area contributed by atoms with E-state index < -0.39 is 5.97 Å². The highest BCUT2D eigenvalue weighted by atomic mass is 16.5. The molecule has 0 saturated heterocycles. The van der Waals surface area contributed by atoms with E-state index in [0.29, 0.717) is 13.2 Å². The quantitative estimate of drug-likeness (QED) is 0.583. The summed E-state index contributed by atoms with van der Waals surface area (Å²) >= 11 is 0. The number of carbonyl (C=O) groups is 1. The Morgan fingerprint density at radius 2 is 1.76 bits per heavy atom. The van der Waals surface area contributed by atoms with Crippen LogP contribution in [0.25, 0.3) is 0 Å². The average molecular weight is 338 g/mol. The Balaban J connectivity index is 1.86. The molecule has 130 valence electrons. The van der Waals surface area contributed by atoms with Crippen LogP contribution in [0.4, 0.5) is 0 Å². The first-order valence-electron chi connectivity index (χ1n) is 8.15. The molecule has 2 rings (SSSR count). The maximum Gasteiger partial charge on any atom is 0.304 e. The van der Waals surface area contributed by atoms with Crippen LogP contribution in [0.3, 0.4) is 0 Å². The molecule has 0 aliphatic heterocycles. The molecule has 0 bridgehead atoms. The van der Waals surface area contributed by atoms with Crippen LogP contribution in [-0.4, -0.2) is 24.3 Å². The molecule has 0 aliphatic carbocycles. The van der Waals surface area contributed by atoms with Crippen LogP contribution >= 0.6 is 0 Å². The lowest BCUT2D eigenvalue weighted by atomic mass is 9.96. The smallest absolute Gasteiger partial charge is 0.304 e. The van der Waals surface area contributed by atoms with Crippen LogP contribution < -0.4 is 9.47 Å². The number of aliphatic carboxylic acids is 1. The highest BCUT2D eigenvalue weighted by molar-refractivity contribution is 5.69. The van der Waals surface area contributed by atoms with Gasteiger partial charge in [0.1, 0.15) is 24.7 Å². The zero-order valence-corrected chi connectivity index (χ0v) is 14.5. The molecule has 1 atom stereocenters. The summed E-state index contributed by atoms with van der Waals surface area (Å²) in [5, 5.41) is 8.98. The lowest BCUT2D eigenvalue weighted by Crippen LogP contribution is -2.09. The second-order valence-electron chi connectivity index (χ2n) is 5.58. The van der Waals surface area contributed by atoms with E-state index in [-0.39, 0.29) is 12.3 Å². The highest BCUT2D eigenvalue weighted by Crippen LogP contribution is 2.22. The molecule has 0 aromatic heterocycles. The lowest BCUT2D eigenvalue weighted by molar-refractivity contribution is -0.137. The number of benzene rings is 2. The van der Waals surface area contributed by atoms with E-state index >= 15 is 0 Å². The summed E-state index contributed by atoms with van der Waals surface area (Å²) in [6, 6.07) is 15.2. The fraction of sp³-hybridized carbons (Fsp3) is 0.286. The average Bonchev–Trinajstić information content (AvgIpc) is 2.60. The van der Waals surface area contributed by atoms with Gasteiger partial charge in [-0.25, -0.2) is 0 Å². The molecule has 4 heteroatoms. The summed E-state index contributed by atoms with van der Waals surface area (Å²) in [6.45, 7) is 4.60. The van der Waals surface area contributed by atoms with Gasteiger partial charge in [-0.1, -0.05) is 36.3 Å². The van der Waals surface area contributed by atoms with Crippen LogP contribution in [-0.2, 0) is 4.79 Å². The van der Waals surface area contributed by atoms with Gasteiger partial charge in [-0.2, -0.15) is 0 Å². The molecule has 0 spiro atoms. The monoisotopic (exact) mass is 338 g/mol. The summed E-state index contributed by atoms with van der Waals surface area (Å²) in [4.78, 5) is 10.9. The zero-order chi connectivity index (χ0) is 18.1. The fourth-order valence-electron chi connectivity index (χ4n) is 2.43. The Labute approximate surface area is 148 Å². The summed E-state index contributed by atoms with van der Waals surface area (Å²) < 4.78 is 11.4. The van der Waals surface area contributed by atoms with E-state index in [4.69, 9.17) is 14.6 Å². The van der Waals surface area contributed by atoms with Gasteiger partial charge in [0, 0.05) is 0 Å². The van der Waals surface area contributed by atoms with Gasteiger partial charge in [0.15, 0.2) is 0 Å². The van der Waals surface area contributed by atoms with Gasteiger partial charge in [0.2, 0.25) is 0 Å². The minimum atomic E-state index is -0.860. The Hall–Kier alpha value is -2.93. The summed E-state index contributed by atoms with van der Waals surface area (Å²) in [5.74, 6) is 6.13. The molecule has 2 aromatic rings. The van der Waals surface area contributed by atoms with Crippen LogP contribution in [0.5, 0.6) is 11.5 Å². The normalized spacial score (nSPS) is 11.1. The predicted octanol–water partition coefficient (Wildman–Crippen LogP) is 4.03. The second kappa shape index (κ2) is 9.39. The molecule has 1 N–H and O–H groups in total. The van der Waals surface area contributed by atoms with Crippen molar-refractivity contribution in [3.05, 3.63) is 59.7 Å². The predicted molar refractivity (Wildman–Crippen MR) is 97.1 cm³/mol. The molecule has 0 fully saturated rings. The van der Waals surface area contributed by atoms with E-state index in [1.807, 2.05) is 55.5 Å². The van der Waals surface area contributed by atoms with Crippen molar-refractivity contribution in [1.82, 2.24) is 0 Å². The van der Waals surface area contributed by atoms with Crippen LogP contribution in [0, 0.1) is 18.8 Å². The number of para-hydroxylation sites is 1. The highest BCUT2D eigenvalue weighted by Gasteiger charge is 2.13. The fourth-order valence-corrected chi connectivity index (χ4v) is 2.43. The van der Waals surface area contributed by atoms with E-state index in [1.165, 1.54) is 0 Å². The maximum absolute atomic E-state index is 10.9. The molecule has 0 radical (unpaired) electrons. The number of carboxylic acid groups (broad SMARTS) is 1. The van der Waals surface area contributed by atoms with Crippen molar-refractivity contribution in [2.45, 2.75) is 26.2 Å². The molecule has 25 heavy (non-hydrogen) atoms. The molecule has 0 amide bonds. The molecule has 1 unspecified atom stereocenters. The van der Waals surface area contributed by atoms with E-state index in [9.17, 15) is 4.79 Å².